The number of aliphatic imine (C=N–C) groups is 1. The van der Waals surface area contributed by atoms with Crippen LogP contribution in [0, 0.1) is 0 Å². The van der Waals surface area contributed by atoms with Crippen molar-refractivity contribution in [1.29, 1.82) is 0 Å². The van der Waals surface area contributed by atoms with Crippen LogP contribution in [0.5, 0.6) is 11.5 Å². The molecule has 6 nitrogen and oxygen atoms in total. The van der Waals surface area contributed by atoms with Gasteiger partial charge in [0.05, 0.1) is 18.4 Å². The lowest BCUT2D eigenvalue weighted by Crippen LogP contribution is -2.19. The van der Waals surface area contributed by atoms with Crippen molar-refractivity contribution in [2.45, 2.75) is 6.92 Å². The highest BCUT2D eigenvalue weighted by Gasteiger charge is 2.20. The van der Waals surface area contributed by atoms with Gasteiger partial charge in [0.1, 0.15) is 19.0 Å². The maximum atomic E-state index is 11.9. The molecule has 1 aliphatic rings. The molecule has 1 aromatic rings. The Morgan fingerprint density at radius 1 is 1.25 bits per heavy atom. The Balaban J connectivity index is 2.52. The summed E-state index contributed by atoms with van der Waals surface area (Å²) in [5.41, 5.74) is 0.866. The Hall–Kier alpha value is -2.24. The second-order valence-corrected chi connectivity index (χ2v) is 4.56. The number of rotatable bonds is 2. The van der Waals surface area contributed by atoms with Crippen molar-refractivity contribution in [3.05, 3.63) is 17.7 Å². The van der Waals surface area contributed by atoms with Crippen LogP contribution in [0.2, 0.25) is 0 Å². The number of hydrogen-bond acceptors (Lipinski definition) is 5. The van der Waals surface area contributed by atoms with Crippen molar-refractivity contribution in [2.24, 2.45) is 4.99 Å². The first kappa shape index (κ1) is 14.2. The average Bonchev–Trinajstić information content (AvgIpc) is 2.45. The zero-order valence-corrected chi connectivity index (χ0v) is 12.1. The third kappa shape index (κ3) is 2.84. The fourth-order valence-corrected chi connectivity index (χ4v) is 1.72. The quantitative estimate of drug-likeness (QED) is 0.469. The van der Waals surface area contributed by atoms with Crippen LogP contribution in [0.15, 0.2) is 17.1 Å². The highest BCUT2D eigenvalue weighted by atomic mass is 16.6. The van der Waals surface area contributed by atoms with Crippen molar-refractivity contribution in [1.82, 2.24) is 4.90 Å². The van der Waals surface area contributed by atoms with Crippen LogP contribution in [0.4, 0.5) is 5.69 Å². The van der Waals surface area contributed by atoms with Gasteiger partial charge >= 0.3 is 5.97 Å². The first-order chi connectivity index (χ1) is 9.52. The second kappa shape index (κ2) is 5.81. The number of carbonyl (C=O) groups excluding carboxylic acids is 1. The number of fused-ring (bicyclic) bond motifs is 1. The number of ether oxygens (including phenoxy) is 3. The largest absolute Gasteiger partial charge is 0.486 e. The normalized spacial score (nSPS) is 13.9. The second-order valence-electron chi connectivity index (χ2n) is 4.56. The Morgan fingerprint density at radius 3 is 2.40 bits per heavy atom. The standard InChI is InChI=1S/C14H18N2O4/c1-9(16(2)3)15-11-8-13-12(19-5-6-20-13)7-10(11)14(17)18-4/h7-8H,5-6H2,1-4H3/b15-9+. The van der Waals surface area contributed by atoms with E-state index in [9.17, 15) is 4.79 Å². The predicted octanol–water partition coefficient (Wildman–Crippen LogP) is 1.86. The number of nitrogens with zero attached hydrogens (tertiary/aromatic N) is 2. The zero-order valence-electron chi connectivity index (χ0n) is 12.1. The number of hydrogen-bond donors (Lipinski definition) is 0. The molecule has 0 radical (unpaired) electrons. The van der Waals surface area contributed by atoms with Gasteiger partial charge in [-0.3, -0.25) is 0 Å². The van der Waals surface area contributed by atoms with Crippen LogP contribution < -0.4 is 9.47 Å². The van der Waals surface area contributed by atoms with Crippen LogP contribution in [0.25, 0.3) is 0 Å². The Kier molecular flexibility index (Phi) is 4.12. The van der Waals surface area contributed by atoms with Gasteiger partial charge in [-0.15, -0.1) is 0 Å². The van der Waals surface area contributed by atoms with Gasteiger partial charge in [-0.25, -0.2) is 9.79 Å². The maximum absolute atomic E-state index is 11.9. The maximum Gasteiger partial charge on any atom is 0.340 e. The van der Waals surface area contributed by atoms with E-state index in [1.54, 1.807) is 12.1 Å². The lowest BCUT2D eigenvalue weighted by atomic mass is 10.1. The minimum Gasteiger partial charge on any atom is -0.486 e. The fourth-order valence-electron chi connectivity index (χ4n) is 1.72. The van der Waals surface area contributed by atoms with E-state index in [0.717, 1.165) is 5.84 Å². The third-order valence-corrected chi connectivity index (χ3v) is 3.00. The van der Waals surface area contributed by atoms with E-state index in [1.807, 2.05) is 25.9 Å². The van der Waals surface area contributed by atoms with Gasteiger partial charge in [-0.05, 0) is 6.92 Å². The van der Waals surface area contributed by atoms with Crippen LogP contribution in [-0.4, -0.2) is 51.1 Å². The molecule has 6 heteroatoms. The monoisotopic (exact) mass is 278 g/mol. The number of esters is 1. The van der Waals surface area contributed by atoms with E-state index in [0.29, 0.717) is 36.0 Å². The molecule has 0 spiro atoms. The lowest BCUT2D eigenvalue weighted by molar-refractivity contribution is 0.0600. The van der Waals surface area contributed by atoms with Gasteiger partial charge in [0.25, 0.3) is 0 Å². The summed E-state index contributed by atoms with van der Waals surface area (Å²) in [5, 5.41) is 0. The smallest absolute Gasteiger partial charge is 0.340 e. The van der Waals surface area contributed by atoms with E-state index in [2.05, 4.69) is 4.99 Å². The third-order valence-electron chi connectivity index (χ3n) is 3.00. The van der Waals surface area contributed by atoms with Crippen molar-refractivity contribution in [3.63, 3.8) is 0 Å². The summed E-state index contributed by atoms with van der Waals surface area (Å²) in [5.74, 6) is 1.45. The molecule has 108 valence electrons. The molecule has 0 unspecified atom stereocenters. The van der Waals surface area contributed by atoms with Gasteiger partial charge in [0, 0.05) is 26.2 Å². The molecule has 0 atom stereocenters. The molecular formula is C14H18N2O4. The minimum atomic E-state index is -0.452. The van der Waals surface area contributed by atoms with Crippen molar-refractivity contribution in [3.8, 4) is 11.5 Å². The molecule has 2 rings (SSSR count). The average molecular weight is 278 g/mol. The summed E-state index contributed by atoms with van der Waals surface area (Å²) >= 11 is 0. The van der Waals surface area contributed by atoms with Crippen molar-refractivity contribution >= 4 is 17.5 Å². The molecule has 1 heterocycles. The van der Waals surface area contributed by atoms with Crippen LogP contribution >= 0.6 is 0 Å². The van der Waals surface area contributed by atoms with Crippen LogP contribution in [0.1, 0.15) is 17.3 Å². The highest BCUT2D eigenvalue weighted by molar-refractivity contribution is 5.97. The van der Waals surface area contributed by atoms with Crippen LogP contribution in [0.3, 0.4) is 0 Å². The van der Waals surface area contributed by atoms with Gasteiger partial charge in [-0.1, -0.05) is 0 Å². The first-order valence-electron chi connectivity index (χ1n) is 6.27. The molecule has 0 saturated carbocycles. The van der Waals surface area contributed by atoms with Gasteiger partial charge in [0.15, 0.2) is 11.5 Å². The van der Waals surface area contributed by atoms with Gasteiger partial charge in [-0.2, -0.15) is 0 Å². The minimum absolute atomic E-state index is 0.359. The molecule has 0 fully saturated rings. The highest BCUT2D eigenvalue weighted by Crippen LogP contribution is 2.37. The first-order valence-corrected chi connectivity index (χ1v) is 6.27. The number of carbonyl (C=O) groups is 1. The van der Waals surface area contributed by atoms with Crippen molar-refractivity contribution in [2.75, 3.05) is 34.4 Å². The SMILES string of the molecule is COC(=O)c1cc2c(cc1/N=C(\C)N(C)C)OCCO2. The molecule has 1 aliphatic heterocycles. The molecular weight excluding hydrogens is 260 g/mol. The molecule has 0 saturated heterocycles. The topological polar surface area (TPSA) is 60.4 Å². The summed E-state index contributed by atoms with van der Waals surface area (Å²) in [6.45, 7) is 2.81. The lowest BCUT2D eigenvalue weighted by Gasteiger charge is -2.20. The van der Waals surface area contributed by atoms with E-state index in [-0.39, 0.29) is 0 Å². The Bertz CT molecular complexity index is 552. The molecule has 1 aromatic carbocycles. The molecule has 0 amide bonds. The fraction of sp³-hybridized carbons (Fsp3) is 0.429. The summed E-state index contributed by atoms with van der Waals surface area (Å²) < 4.78 is 15.8. The Labute approximate surface area is 118 Å². The Morgan fingerprint density at radius 2 is 1.85 bits per heavy atom. The van der Waals surface area contributed by atoms with Gasteiger partial charge < -0.3 is 19.1 Å². The van der Waals surface area contributed by atoms with E-state index in [1.165, 1.54) is 7.11 Å². The summed E-state index contributed by atoms with van der Waals surface area (Å²) in [6.07, 6.45) is 0. The molecule has 0 bridgehead atoms. The number of amidine groups is 1. The van der Waals surface area contributed by atoms with E-state index >= 15 is 0 Å². The molecule has 20 heavy (non-hydrogen) atoms. The van der Waals surface area contributed by atoms with Crippen LogP contribution in [-0.2, 0) is 4.74 Å². The summed E-state index contributed by atoms with van der Waals surface area (Å²) in [6, 6.07) is 3.32. The van der Waals surface area contributed by atoms with E-state index < -0.39 is 5.97 Å². The summed E-state index contributed by atoms with van der Waals surface area (Å²) in [4.78, 5) is 18.2. The summed E-state index contributed by atoms with van der Waals surface area (Å²) in [7, 11) is 5.11. The number of benzene rings is 1. The predicted molar refractivity (Wildman–Crippen MR) is 75.2 cm³/mol. The molecule has 0 aromatic heterocycles. The molecule has 0 N–H and O–H groups in total. The van der Waals surface area contributed by atoms with E-state index in [4.69, 9.17) is 14.2 Å². The zero-order chi connectivity index (χ0) is 14.7. The number of methoxy groups -OCH3 is 1. The van der Waals surface area contributed by atoms with Gasteiger partial charge in [0.2, 0.25) is 0 Å². The van der Waals surface area contributed by atoms with Crippen molar-refractivity contribution < 1.29 is 19.0 Å². The molecule has 0 aliphatic carbocycles.